The molecule has 0 aliphatic rings. The molecule has 0 aliphatic carbocycles. The third kappa shape index (κ3) is 3.53. The highest BCUT2D eigenvalue weighted by atomic mass is 33.6. The minimum Gasteiger partial charge on any atom is -0.399 e. The van der Waals surface area contributed by atoms with Crippen LogP contribution in [0.1, 0.15) is 0 Å². The van der Waals surface area contributed by atoms with Gasteiger partial charge in [-0.15, -0.1) is 0 Å². The van der Waals surface area contributed by atoms with E-state index in [1.807, 2.05) is 0 Å². The van der Waals surface area contributed by atoms with Gasteiger partial charge in [-0.05, 0) is 29.8 Å². The number of nitrogen functional groups attached to an aromatic ring is 2. The van der Waals surface area contributed by atoms with Gasteiger partial charge < -0.3 is 15.7 Å². The highest BCUT2D eigenvalue weighted by Gasteiger charge is 2.44. The van der Waals surface area contributed by atoms with Crippen LogP contribution in [-0.4, -0.2) is 29.8 Å². The third-order valence-corrected chi connectivity index (χ3v) is 10.6. The molecule has 0 unspecified atom stereocenters. The van der Waals surface area contributed by atoms with Crippen molar-refractivity contribution in [1.82, 2.24) is 0 Å². The Morgan fingerprint density at radius 2 is 1.48 bits per heavy atom. The summed E-state index contributed by atoms with van der Waals surface area (Å²) in [4.78, 5) is 0. The van der Waals surface area contributed by atoms with Crippen LogP contribution in [0.4, 0.5) is 11.4 Å². The van der Waals surface area contributed by atoms with Crippen LogP contribution in [-0.2, 0) is 26.2 Å². The molecule has 2 rings (SSSR count). The Labute approximate surface area is 142 Å². The third-order valence-electron chi connectivity index (χ3n) is 2.93. The maximum atomic E-state index is 11.8. The van der Waals surface area contributed by atoms with E-state index in [9.17, 15) is 25.3 Å². The molecule has 10 nitrogen and oxygen atoms in total. The van der Waals surface area contributed by atoms with Crippen LogP contribution >= 0.6 is 0 Å². The van der Waals surface area contributed by atoms with Gasteiger partial charge in [0.15, 0.2) is 5.75 Å². The summed E-state index contributed by atoms with van der Waals surface area (Å²) >= 11 is 0. The van der Waals surface area contributed by atoms with Crippen molar-refractivity contribution in [1.29, 1.82) is 0 Å². The number of benzene rings is 2. The Balaban J connectivity index is 2.65. The van der Waals surface area contributed by atoms with Gasteiger partial charge in [0, 0.05) is 16.9 Å². The van der Waals surface area contributed by atoms with E-state index in [4.69, 9.17) is 16.0 Å². The minimum atomic E-state index is -6.08. The van der Waals surface area contributed by atoms with Crippen LogP contribution in [0, 0.1) is 0 Å². The van der Waals surface area contributed by atoms with Gasteiger partial charge in [0.05, 0.1) is 0 Å². The molecule has 5 N–H and O–H groups in total. The molecule has 25 heavy (non-hydrogen) atoms. The molecule has 0 saturated carbocycles. The summed E-state index contributed by atoms with van der Waals surface area (Å²) < 4.78 is 81.2. The van der Waals surface area contributed by atoms with E-state index in [0.717, 1.165) is 6.07 Å². The van der Waals surface area contributed by atoms with Crippen LogP contribution in [0.3, 0.4) is 0 Å². The van der Waals surface area contributed by atoms with Crippen LogP contribution in [0.25, 0.3) is 11.1 Å². The molecule has 0 atom stereocenters. The maximum absolute atomic E-state index is 11.8. The summed E-state index contributed by atoms with van der Waals surface area (Å²) in [5.41, 5.74) is 12.0. The molecule has 0 aliphatic heterocycles. The highest BCUT2D eigenvalue weighted by molar-refractivity contribution is 8.97. The van der Waals surface area contributed by atoms with E-state index in [1.165, 1.54) is 30.3 Å². The van der Waals surface area contributed by atoms with Crippen LogP contribution in [0.2, 0.25) is 0 Å². The second-order valence-electron chi connectivity index (χ2n) is 4.67. The van der Waals surface area contributed by atoms with Crippen molar-refractivity contribution in [3.63, 3.8) is 0 Å². The lowest BCUT2D eigenvalue weighted by molar-refractivity contribution is 0.486. The van der Waals surface area contributed by atoms with Crippen LogP contribution < -0.4 is 15.7 Å². The second kappa shape index (κ2) is 6.18. The van der Waals surface area contributed by atoms with E-state index < -0.39 is 32.0 Å². The summed E-state index contributed by atoms with van der Waals surface area (Å²) in [5, 5.41) is 0. The first-order valence-electron chi connectivity index (χ1n) is 6.28. The van der Waals surface area contributed by atoms with E-state index >= 15 is 0 Å². The molecule has 0 bridgehead atoms. The molecule has 0 amide bonds. The Morgan fingerprint density at radius 1 is 0.880 bits per heavy atom. The first-order valence-corrected chi connectivity index (χ1v) is 11.6. The monoisotopic (exact) mass is 408 g/mol. The number of rotatable bonds is 5. The standard InChI is InChI=1S/C12H12N2O8S3/c13-9-4-1-3-8(7-9)12-10(14)5-2-6-11(12)22-24(18,19)25(20,21)23(15,16)17/h1-7H,13-14H2,(H,15,16,17). The maximum Gasteiger partial charge on any atom is 0.435 e. The Morgan fingerprint density at radius 3 is 2.04 bits per heavy atom. The van der Waals surface area contributed by atoms with Crippen LogP contribution in [0.5, 0.6) is 5.75 Å². The topological polar surface area (TPSA) is 184 Å². The average Bonchev–Trinajstić information content (AvgIpc) is 2.45. The fourth-order valence-corrected chi connectivity index (χ4v) is 5.78. The zero-order valence-electron chi connectivity index (χ0n) is 12.2. The Kier molecular flexibility index (Phi) is 4.69. The number of hydrogen-bond acceptors (Lipinski definition) is 9. The largest absolute Gasteiger partial charge is 0.435 e. The van der Waals surface area contributed by atoms with Crippen molar-refractivity contribution in [2.75, 3.05) is 11.5 Å². The molecule has 0 heterocycles. The van der Waals surface area contributed by atoms with Gasteiger partial charge in [-0.3, -0.25) is 4.55 Å². The molecule has 0 spiro atoms. The normalized spacial score (nSPS) is 12.7. The Hall–Kier alpha value is -2.35. The summed E-state index contributed by atoms with van der Waals surface area (Å²) in [5.74, 6) is -0.558. The van der Waals surface area contributed by atoms with Crippen LogP contribution in [0.15, 0.2) is 42.5 Å². The molecular formula is C12H12N2O8S3. The minimum absolute atomic E-state index is 0.0163. The lowest BCUT2D eigenvalue weighted by atomic mass is 10.0. The smallest absolute Gasteiger partial charge is 0.399 e. The molecule has 0 fully saturated rings. The Bertz CT molecular complexity index is 1140. The quantitative estimate of drug-likeness (QED) is 0.354. The van der Waals surface area contributed by atoms with Crippen molar-refractivity contribution >= 4 is 37.6 Å². The zero-order valence-corrected chi connectivity index (χ0v) is 14.7. The van der Waals surface area contributed by atoms with E-state index in [-0.39, 0.29) is 11.3 Å². The zero-order chi connectivity index (χ0) is 19.0. The summed E-state index contributed by atoms with van der Waals surface area (Å²) in [6, 6.07) is 9.70. The molecule has 2 aromatic carbocycles. The SMILES string of the molecule is Nc1cccc(-c2c(N)cccc2OS(=O)(=O)S(=O)(=O)S(=O)(=O)O)c1. The second-order valence-corrected chi connectivity index (χ2v) is 13.1. The van der Waals surface area contributed by atoms with Gasteiger partial charge in [-0.2, -0.15) is 25.3 Å². The summed E-state index contributed by atoms with van der Waals surface area (Å²) in [6.07, 6.45) is 0. The van der Waals surface area contributed by atoms with Gasteiger partial charge in [-0.25, -0.2) is 0 Å². The first kappa shape index (κ1) is 19.0. The predicted molar refractivity (Wildman–Crippen MR) is 90.7 cm³/mol. The number of nitrogens with two attached hydrogens (primary N) is 2. The molecule has 136 valence electrons. The predicted octanol–water partition coefficient (Wildman–Crippen LogP) is 0.359. The fourth-order valence-electron chi connectivity index (χ4n) is 1.88. The summed E-state index contributed by atoms with van der Waals surface area (Å²) in [6.45, 7) is 0. The molecular weight excluding hydrogens is 396 g/mol. The lowest BCUT2D eigenvalue weighted by Crippen LogP contribution is -2.28. The lowest BCUT2D eigenvalue weighted by Gasteiger charge is -2.13. The highest BCUT2D eigenvalue weighted by Crippen LogP contribution is 2.37. The van der Waals surface area contributed by atoms with Crippen molar-refractivity contribution in [3.8, 4) is 16.9 Å². The van der Waals surface area contributed by atoms with Gasteiger partial charge in [0.1, 0.15) is 0 Å². The summed E-state index contributed by atoms with van der Waals surface area (Å²) in [7, 11) is -17.8. The van der Waals surface area contributed by atoms with Gasteiger partial charge in [-0.1, -0.05) is 18.2 Å². The molecule has 13 heteroatoms. The average molecular weight is 408 g/mol. The molecule has 0 radical (unpaired) electrons. The van der Waals surface area contributed by atoms with Gasteiger partial charge in [0.2, 0.25) is 0 Å². The van der Waals surface area contributed by atoms with E-state index in [2.05, 4.69) is 4.18 Å². The first-order chi connectivity index (χ1) is 11.4. The number of hydrogen-bond donors (Lipinski definition) is 3. The van der Waals surface area contributed by atoms with Crippen molar-refractivity contribution in [2.45, 2.75) is 0 Å². The number of anilines is 2. The van der Waals surface area contributed by atoms with Crippen molar-refractivity contribution in [2.24, 2.45) is 0 Å². The molecule has 0 saturated heterocycles. The molecule has 2 aromatic rings. The molecule has 0 aromatic heterocycles. The van der Waals surface area contributed by atoms with E-state index in [0.29, 0.717) is 11.3 Å². The van der Waals surface area contributed by atoms with Crippen molar-refractivity contribution in [3.05, 3.63) is 42.5 Å². The van der Waals surface area contributed by atoms with Gasteiger partial charge >= 0.3 is 26.2 Å². The fraction of sp³-hybridized carbons (Fsp3) is 0. The van der Waals surface area contributed by atoms with Crippen molar-refractivity contribution < 1.29 is 34.0 Å². The van der Waals surface area contributed by atoms with E-state index in [1.54, 1.807) is 6.07 Å². The van der Waals surface area contributed by atoms with Gasteiger partial charge in [0.25, 0.3) is 0 Å².